The van der Waals surface area contributed by atoms with Gasteiger partial charge in [-0.1, -0.05) is 53.6 Å². The van der Waals surface area contributed by atoms with Crippen molar-refractivity contribution in [3.63, 3.8) is 0 Å². The summed E-state index contributed by atoms with van der Waals surface area (Å²) in [5.41, 5.74) is 3.77. The highest BCUT2D eigenvalue weighted by Gasteiger charge is 2.39. The first-order valence-electron chi connectivity index (χ1n) is 9.94. The quantitative estimate of drug-likeness (QED) is 0.542. The highest BCUT2D eigenvalue weighted by atomic mass is 35.5. The molecule has 4 rings (SSSR count). The van der Waals surface area contributed by atoms with E-state index >= 15 is 0 Å². The first-order valence-corrected chi connectivity index (χ1v) is 10.3. The molecule has 0 radical (unpaired) electrons. The Morgan fingerprint density at radius 1 is 0.875 bits per heavy atom. The highest BCUT2D eigenvalue weighted by molar-refractivity contribution is 6.53. The number of hydrogen-bond acceptors (Lipinski definition) is 4. The highest BCUT2D eigenvalue weighted by Crippen LogP contribution is 2.31. The van der Waals surface area contributed by atoms with Crippen molar-refractivity contribution in [2.45, 2.75) is 13.8 Å². The number of nitrogens with zero attached hydrogens (tertiary/aromatic N) is 1. The standard InChI is InChI=1S/C25H20ClN3O3/c1-15-8-12-19(13-9-15)29-24(31)21(26)22(25(29)32)28-20-14-17(11-10-16(20)2)23(30)27-18-6-4-3-5-7-18/h3-14,28H,1-2H3,(H,27,30). The van der Waals surface area contributed by atoms with Gasteiger partial charge in [0.05, 0.1) is 5.69 Å². The molecule has 6 nitrogen and oxygen atoms in total. The fourth-order valence-corrected chi connectivity index (χ4v) is 3.51. The van der Waals surface area contributed by atoms with Crippen molar-refractivity contribution in [1.82, 2.24) is 0 Å². The minimum Gasteiger partial charge on any atom is -0.349 e. The van der Waals surface area contributed by atoms with E-state index < -0.39 is 11.8 Å². The SMILES string of the molecule is Cc1ccc(N2C(=O)C(Cl)=C(Nc3cc(C(=O)Nc4ccccc4)ccc3C)C2=O)cc1. The molecule has 160 valence electrons. The maximum Gasteiger partial charge on any atom is 0.283 e. The summed E-state index contributed by atoms with van der Waals surface area (Å²) in [6, 6.07) is 21.2. The molecule has 2 N–H and O–H groups in total. The molecule has 32 heavy (non-hydrogen) atoms. The van der Waals surface area contributed by atoms with Crippen LogP contribution < -0.4 is 15.5 Å². The molecule has 0 fully saturated rings. The molecule has 0 aliphatic carbocycles. The van der Waals surface area contributed by atoms with Gasteiger partial charge in [0.2, 0.25) is 0 Å². The lowest BCUT2D eigenvalue weighted by Gasteiger charge is -2.16. The average molecular weight is 446 g/mol. The molecule has 1 aliphatic rings. The summed E-state index contributed by atoms with van der Waals surface area (Å²) < 4.78 is 0. The van der Waals surface area contributed by atoms with E-state index in [1.54, 1.807) is 42.5 Å². The molecule has 3 aromatic rings. The summed E-state index contributed by atoms with van der Waals surface area (Å²) in [4.78, 5) is 39.4. The van der Waals surface area contributed by atoms with Crippen LogP contribution in [0.2, 0.25) is 0 Å². The van der Waals surface area contributed by atoms with Crippen molar-refractivity contribution >= 4 is 46.4 Å². The molecule has 1 heterocycles. The molecule has 0 bridgehead atoms. The number of carbonyl (C=O) groups is 3. The second kappa shape index (κ2) is 8.69. The van der Waals surface area contributed by atoms with Crippen LogP contribution in [0, 0.1) is 13.8 Å². The molecule has 1 aliphatic heterocycles. The normalized spacial score (nSPS) is 13.5. The van der Waals surface area contributed by atoms with Gasteiger partial charge in [0.1, 0.15) is 10.7 Å². The van der Waals surface area contributed by atoms with E-state index in [1.165, 1.54) is 0 Å². The number of rotatable bonds is 5. The van der Waals surface area contributed by atoms with Crippen molar-refractivity contribution in [1.29, 1.82) is 0 Å². The first-order chi connectivity index (χ1) is 15.3. The lowest BCUT2D eigenvalue weighted by atomic mass is 10.1. The Balaban J connectivity index is 1.59. The zero-order valence-corrected chi connectivity index (χ0v) is 18.2. The van der Waals surface area contributed by atoms with Crippen LogP contribution in [0.5, 0.6) is 0 Å². The van der Waals surface area contributed by atoms with Crippen LogP contribution in [0.4, 0.5) is 17.1 Å². The Morgan fingerprint density at radius 3 is 2.25 bits per heavy atom. The Kier molecular flexibility index (Phi) is 5.79. The van der Waals surface area contributed by atoms with Gasteiger partial charge in [-0.3, -0.25) is 14.4 Å². The number of carbonyl (C=O) groups excluding carboxylic acids is 3. The number of nitrogens with one attached hydrogen (secondary N) is 2. The number of amides is 3. The van der Waals surface area contributed by atoms with E-state index in [4.69, 9.17) is 11.6 Å². The molecule has 0 unspecified atom stereocenters. The Morgan fingerprint density at radius 2 is 1.56 bits per heavy atom. The summed E-state index contributed by atoms with van der Waals surface area (Å²) >= 11 is 6.24. The number of hydrogen-bond donors (Lipinski definition) is 2. The Labute approximate surface area is 190 Å². The topological polar surface area (TPSA) is 78.5 Å². The second-order valence-corrected chi connectivity index (χ2v) is 7.82. The zero-order chi connectivity index (χ0) is 22.8. The molecular formula is C25H20ClN3O3. The minimum absolute atomic E-state index is 0.0269. The number of aryl methyl sites for hydroxylation is 2. The van der Waals surface area contributed by atoms with Gasteiger partial charge < -0.3 is 10.6 Å². The average Bonchev–Trinajstić information content (AvgIpc) is 2.99. The second-order valence-electron chi connectivity index (χ2n) is 7.45. The van der Waals surface area contributed by atoms with E-state index in [0.717, 1.165) is 16.0 Å². The number of halogens is 1. The van der Waals surface area contributed by atoms with Gasteiger partial charge in [-0.05, 0) is 55.8 Å². The third-order valence-electron chi connectivity index (χ3n) is 5.11. The van der Waals surface area contributed by atoms with Crippen LogP contribution >= 0.6 is 11.6 Å². The third-order valence-corrected chi connectivity index (χ3v) is 5.46. The molecule has 0 saturated carbocycles. The fourth-order valence-electron chi connectivity index (χ4n) is 3.30. The van der Waals surface area contributed by atoms with Gasteiger partial charge in [-0.25, -0.2) is 4.90 Å². The number of benzene rings is 3. The molecule has 0 aromatic heterocycles. The van der Waals surface area contributed by atoms with Gasteiger partial charge >= 0.3 is 0 Å². The van der Waals surface area contributed by atoms with E-state index in [0.29, 0.717) is 22.6 Å². The van der Waals surface area contributed by atoms with Crippen LogP contribution in [0.25, 0.3) is 0 Å². The Hall–Kier alpha value is -3.90. The van der Waals surface area contributed by atoms with Gasteiger partial charge in [-0.15, -0.1) is 0 Å². The van der Waals surface area contributed by atoms with Crippen LogP contribution in [-0.2, 0) is 9.59 Å². The molecule has 0 atom stereocenters. The summed E-state index contributed by atoms with van der Waals surface area (Å²) in [6.45, 7) is 3.74. The van der Waals surface area contributed by atoms with Crippen molar-refractivity contribution in [3.05, 3.63) is 100 Å². The van der Waals surface area contributed by atoms with Crippen molar-refractivity contribution < 1.29 is 14.4 Å². The van der Waals surface area contributed by atoms with E-state index in [9.17, 15) is 14.4 Å². The van der Waals surface area contributed by atoms with Gasteiger partial charge in [-0.2, -0.15) is 0 Å². The Bertz CT molecular complexity index is 1250. The van der Waals surface area contributed by atoms with E-state index in [-0.39, 0.29) is 16.6 Å². The lowest BCUT2D eigenvalue weighted by molar-refractivity contribution is -0.120. The minimum atomic E-state index is -0.598. The number of imide groups is 1. The lowest BCUT2D eigenvalue weighted by Crippen LogP contribution is -2.32. The molecule has 7 heteroatoms. The van der Waals surface area contributed by atoms with E-state index in [1.807, 2.05) is 44.2 Å². The van der Waals surface area contributed by atoms with Crippen molar-refractivity contribution in [2.75, 3.05) is 15.5 Å². The maximum atomic E-state index is 13.0. The molecule has 0 spiro atoms. The molecule has 0 saturated heterocycles. The monoisotopic (exact) mass is 445 g/mol. The van der Waals surface area contributed by atoms with Crippen molar-refractivity contribution in [2.24, 2.45) is 0 Å². The summed E-state index contributed by atoms with van der Waals surface area (Å²) in [7, 11) is 0. The third kappa shape index (κ3) is 4.13. The van der Waals surface area contributed by atoms with Crippen LogP contribution in [0.3, 0.4) is 0 Å². The van der Waals surface area contributed by atoms with Crippen LogP contribution in [-0.4, -0.2) is 17.7 Å². The maximum absolute atomic E-state index is 13.0. The van der Waals surface area contributed by atoms with Crippen LogP contribution in [0.15, 0.2) is 83.5 Å². The largest absolute Gasteiger partial charge is 0.349 e. The number of para-hydroxylation sites is 1. The fraction of sp³-hybridized carbons (Fsp3) is 0.0800. The smallest absolute Gasteiger partial charge is 0.283 e. The predicted octanol–water partition coefficient (Wildman–Crippen LogP) is 4.99. The molecule has 3 amide bonds. The van der Waals surface area contributed by atoms with Crippen LogP contribution in [0.1, 0.15) is 21.5 Å². The van der Waals surface area contributed by atoms with Gasteiger partial charge in [0.25, 0.3) is 17.7 Å². The van der Waals surface area contributed by atoms with Crippen molar-refractivity contribution in [3.8, 4) is 0 Å². The molecular weight excluding hydrogens is 426 g/mol. The zero-order valence-electron chi connectivity index (χ0n) is 17.5. The first kappa shape index (κ1) is 21.3. The summed E-state index contributed by atoms with van der Waals surface area (Å²) in [6.07, 6.45) is 0. The predicted molar refractivity (Wildman–Crippen MR) is 126 cm³/mol. The van der Waals surface area contributed by atoms with E-state index in [2.05, 4.69) is 10.6 Å². The summed E-state index contributed by atoms with van der Waals surface area (Å²) in [5.74, 6) is -1.45. The van der Waals surface area contributed by atoms with Gasteiger partial charge in [0, 0.05) is 16.9 Å². The number of anilines is 3. The molecule has 3 aromatic carbocycles. The summed E-state index contributed by atoms with van der Waals surface area (Å²) in [5, 5.41) is 5.59. The van der Waals surface area contributed by atoms with Gasteiger partial charge in [0.15, 0.2) is 0 Å².